The van der Waals surface area contributed by atoms with Gasteiger partial charge < -0.3 is 14.6 Å². The van der Waals surface area contributed by atoms with E-state index in [-0.39, 0.29) is 11.4 Å². The van der Waals surface area contributed by atoms with Crippen LogP contribution in [0.5, 0.6) is 11.5 Å². The van der Waals surface area contributed by atoms with Gasteiger partial charge in [-0.25, -0.2) is 0 Å². The molecule has 4 heteroatoms. The Bertz CT molecular complexity index is 449. The van der Waals surface area contributed by atoms with Crippen LogP contribution in [0, 0.1) is 0 Å². The summed E-state index contributed by atoms with van der Waals surface area (Å²) in [5.41, 5.74) is 1.12. The van der Waals surface area contributed by atoms with E-state index in [9.17, 15) is 5.11 Å². The Labute approximate surface area is 121 Å². The third-order valence-electron chi connectivity index (χ3n) is 3.96. The maximum Gasteiger partial charge on any atom is 0.161 e. The number of piperidine rings is 1. The molecule has 112 valence electrons. The van der Waals surface area contributed by atoms with Crippen molar-refractivity contribution in [3.8, 4) is 11.5 Å². The molecule has 1 aromatic carbocycles. The van der Waals surface area contributed by atoms with Crippen molar-refractivity contribution in [3.63, 3.8) is 0 Å². The second-order valence-corrected chi connectivity index (χ2v) is 5.70. The molecule has 0 amide bonds. The van der Waals surface area contributed by atoms with Crippen molar-refractivity contribution in [2.75, 3.05) is 26.8 Å². The molecule has 1 heterocycles. The van der Waals surface area contributed by atoms with Crippen LogP contribution in [0.4, 0.5) is 0 Å². The minimum Gasteiger partial charge on any atom is -0.504 e. The molecule has 0 spiro atoms. The highest BCUT2D eigenvalue weighted by Gasteiger charge is 2.30. The molecule has 0 aliphatic carbocycles. The Morgan fingerprint density at radius 2 is 2.20 bits per heavy atom. The number of aromatic hydroxyl groups is 1. The lowest BCUT2D eigenvalue weighted by molar-refractivity contribution is -0.0527. The third-order valence-corrected chi connectivity index (χ3v) is 3.96. The lowest BCUT2D eigenvalue weighted by Gasteiger charge is -2.39. The SMILES string of the molecule is CCOc1cc(CN2CCCC(C)(OC)C2)ccc1O. The zero-order valence-corrected chi connectivity index (χ0v) is 12.7. The van der Waals surface area contributed by atoms with E-state index in [4.69, 9.17) is 9.47 Å². The molecule has 0 saturated carbocycles. The number of methoxy groups -OCH3 is 1. The maximum absolute atomic E-state index is 9.73. The van der Waals surface area contributed by atoms with E-state index in [2.05, 4.69) is 11.8 Å². The molecule has 1 aromatic rings. The number of hydrogen-bond acceptors (Lipinski definition) is 4. The summed E-state index contributed by atoms with van der Waals surface area (Å²) in [5.74, 6) is 0.771. The zero-order valence-electron chi connectivity index (χ0n) is 12.7. The van der Waals surface area contributed by atoms with Gasteiger partial charge in [0.1, 0.15) is 0 Å². The van der Waals surface area contributed by atoms with Gasteiger partial charge in [0, 0.05) is 20.2 Å². The summed E-state index contributed by atoms with van der Waals surface area (Å²) in [7, 11) is 1.79. The molecular formula is C16H25NO3. The van der Waals surface area contributed by atoms with Gasteiger partial charge in [-0.1, -0.05) is 6.07 Å². The van der Waals surface area contributed by atoms with E-state index in [1.807, 2.05) is 19.1 Å². The summed E-state index contributed by atoms with van der Waals surface area (Å²) in [4.78, 5) is 2.40. The fourth-order valence-electron chi connectivity index (χ4n) is 2.80. The number of benzene rings is 1. The average Bonchev–Trinajstić information content (AvgIpc) is 2.43. The quantitative estimate of drug-likeness (QED) is 0.900. The highest BCUT2D eigenvalue weighted by molar-refractivity contribution is 5.41. The van der Waals surface area contributed by atoms with Crippen molar-refractivity contribution < 1.29 is 14.6 Å². The largest absolute Gasteiger partial charge is 0.504 e. The molecule has 1 N–H and O–H groups in total. The number of rotatable bonds is 5. The van der Waals surface area contributed by atoms with Crippen molar-refractivity contribution in [3.05, 3.63) is 23.8 Å². The smallest absolute Gasteiger partial charge is 0.161 e. The molecule has 2 rings (SSSR count). The minimum absolute atomic E-state index is 0.0437. The first-order valence-corrected chi connectivity index (χ1v) is 7.28. The maximum atomic E-state index is 9.73. The van der Waals surface area contributed by atoms with Gasteiger partial charge in [-0.3, -0.25) is 4.90 Å². The van der Waals surface area contributed by atoms with E-state index < -0.39 is 0 Å². The summed E-state index contributed by atoms with van der Waals surface area (Å²) >= 11 is 0. The first-order chi connectivity index (χ1) is 9.56. The fraction of sp³-hybridized carbons (Fsp3) is 0.625. The Kier molecular flexibility index (Phi) is 4.89. The summed E-state index contributed by atoms with van der Waals surface area (Å²) in [6.07, 6.45) is 2.26. The predicted molar refractivity (Wildman–Crippen MR) is 79.2 cm³/mol. The molecule has 1 fully saturated rings. The van der Waals surface area contributed by atoms with Gasteiger partial charge in [-0.2, -0.15) is 0 Å². The van der Waals surface area contributed by atoms with Crippen LogP contribution in [-0.4, -0.2) is 42.4 Å². The van der Waals surface area contributed by atoms with E-state index in [1.54, 1.807) is 13.2 Å². The number of nitrogens with zero attached hydrogens (tertiary/aromatic N) is 1. The second-order valence-electron chi connectivity index (χ2n) is 5.70. The zero-order chi connectivity index (χ0) is 14.6. The lowest BCUT2D eigenvalue weighted by Crippen LogP contribution is -2.46. The number of likely N-dealkylation sites (tertiary alicyclic amines) is 1. The molecule has 0 bridgehead atoms. The molecule has 0 radical (unpaired) electrons. The third kappa shape index (κ3) is 3.64. The first kappa shape index (κ1) is 15.1. The average molecular weight is 279 g/mol. The van der Waals surface area contributed by atoms with Gasteiger partial charge in [-0.05, 0) is 50.9 Å². The fourth-order valence-corrected chi connectivity index (χ4v) is 2.80. The van der Waals surface area contributed by atoms with Crippen molar-refractivity contribution >= 4 is 0 Å². The van der Waals surface area contributed by atoms with Gasteiger partial charge in [0.15, 0.2) is 11.5 Å². The number of hydrogen-bond donors (Lipinski definition) is 1. The van der Waals surface area contributed by atoms with Crippen LogP contribution in [0.25, 0.3) is 0 Å². The molecule has 0 aromatic heterocycles. The molecule has 1 aliphatic heterocycles. The van der Waals surface area contributed by atoms with Crippen LogP contribution in [-0.2, 0) is 11.3 Å². The van der Waals surface area contributed by atoms with Crippen molar-refractivity contribution in [2.24, 2.45) is 0 Å². The van der Waals surface area contributed by atoms with Crippen LogP contribution in [0.3, 0.4) is 0 Å². The van der Waals surface area contributed by atoms with Crippen molar-refractivity contribution in [1.82, 2.24) is 4.90 Å². The van der Waals surface area contributed by atoms with Gasteiger partial charge in [-0.15, -0.1) is 0 Å². The monoisotopic (exact) mass is 279 g/mol. The summed E-state index contributed by atoms with van der Waals surface area (Å²) in [5, 5.41) is 9.73. The minimum atomic E-state index is -0.0437. The second kappa shape index (κ2) is 6.46. The van der Waals surface area contributed by atoms with Crippen LogP contribution in [0.15, 0.2) is 18.2 Å². The summed E-state index contributed by atoms with van der Waals surface area (Å²) < 4.78 is 11.1. The van der Waals surface area contributed by atoms with Crippen LogP contribution < -0.4 is 4.74 Å². The highest BCUT2D eigenvalue weighted by atomic mass is 16.5. The normalized spacial score (nSPS) is 23.8. The summed E-state index contributed by atoms with van der Waals surface area (Å²) in [6.45, 7) is 7.53. The van der Waals surface area contributed by atoms with Gasteiger partial charge in [0.25, 0.3) is 0 Å². The molecule has 1 atom stereocenters. The molecule has 1 aliphatic rings. The van der Waals surface area contributed by atoms with Crippen LogP contribution >= 0.6 is 0 Å². The molecular weight excluding hydrogens is 254 g/mol. The standard InChI is InChI=1S/C16H25NO3/c1-4-20-15-10-13(6-7-14(15)18)11-17-9-5-8-16(2,12-17)19-3/h6-7,10,18H,4-5,8-9,11-12H2,1-3H3. The molecule has 1 saturated heterocycles. The van der Waals surface area contributed by atoms with Gasteiger partial charge in [0.05, 0.1) is 12.2 Å². The topological polar surface area (TPSA) is 41.9 Å². The number of phenolic OH excluding ortho intramolecular Hbond substituents is 1. The Morgan fingerprint density at radius 1 is 1.40 bits per heavy atom. The van der Waals surface area contributed by atoms with E-state index in [0.717, 1.165) is 38.0 Å². The molecule has 4 nitrogen and oxygen atoms in total. The lowest BCUT2D eigenvalue weighted by atomic mass is 9.94. The molecule has 1 unspecified atom stereocenters. The van der Waals surface area contributed by atoms with E-state index >= 15 is 0 Å². The Balaban J connectivity index is 2.04. The van der Waals surface area contributed by atoms with E-state index in [1.165, 1.54) is 0 Å². The van der Waals surface area contributed by atoms with Crippen molar-refractivity contribution in [2.45, 2.75) is 38.8 Å². The Morgan fingerprint density at radius 3 is 2.90 bits per heavy atom. The first-order valence-electron chi connectivity index (χ1n) is 7.28. The van der Waals surface area contributed by atoms with Crippen LogP contribution in [0.2, 0.25) is 0 Å². The van der Waals surface area contributed by atoms with Gasteiger partial charge >= 0.3 is 0 Å². The number of ether oxygens (including phenoxy) is 2. The Hall–Kier alpha value is -1.26. The highest BCUT2D eigenvalue weighted by Crippen LogP contribution is 2.29. The van der Waals surface area contributed by atoms with Gasteiger partial charge in [0.2, 0.25) is 0 Å². The van der Waals surface area contributed by atoms with Crippen molar-refractivity contribution in [1.29, 1.82) is 0 Å². The molecule has 20 heavy (non-hydrogen) atoms. The van der Waals surface area contributed by atoms with E-state index in [0.29, 0.717) is 12.4 Å². The summed E-state index contributed by atoms with van der Waals surface area (Å²) in [6, 6.07) is 5.59. The predicted octanol–water partition coefficient (Wildman–Crippen LogP) is 2.79. The van der Waals surface area contributed by atoms with Crippen LogP contribution in [0.1, 0.15) is 32.3 Å². The number of phenols is 1.